The Balaban J connectivity index is 2.33. The first-order chi connectivity index (χ1) is 9.68. The monoisotopic (exact) mass is 300 g/mol. The van der Waals surface area contributed by atoms with Crippen molar-refractivity contribution in [1.29, 1.82) is 0 Å². The fourth-order valence-corrected chi connectivity index (χ4v) is 2.44. The number of nitrogens with one attached hydrogen (secondary N) is 2. The second kappa shape index (κ2) is 7.40. The van der Waals surface area contributed by atoms with Crippen molar-refractivity contribution in [3.05, 3.63) is 0 Å². The van der Waals surface area contributed by atoms with Crippen molar-refractivity contribution in [3.63, 3.8) is 0 Å². The van der Waals surface area contributed by atoms with Crippen molar-refractivity contribution in [1.82, 2.24) is 10.6 Å². The van der Waals surface area contributed by atoms with Crippen LogP contribution in [-0.4, -0.2) is 41.3 Å². The zero-order valence-corrected chi connectivity index (χ0v) is 12.8. The molecule has 7 heteroatoms. The Morgan fingerprint density at radius 2 is 2.00 bits per heavy atom. The van der Waals surface area contributed by atoms with E-state index in [0.29, 0.717) is 19.4 Å². The molecule has 1 heterocycles. The Labute approximate surface area is 124 Å². The third-order valence-electron chi connectivity index (χ3n) is 3.34. The average Bonchev–Trinajstić information content (AvgIpc) is 2.24. The second-order valence-corrected chi connectivity index (χ2v) is 6.23. The fourth-order valence-electron chi connectivity index (χ4n) is 2.44. The number of carbonyl (C=O) groups is 3. The molecule has 1 aliphatic rings. The Morgan fingerprint density at radius 1 is 1.33 bits per heavy atom. The van der Waals surface area contributed by atoms with E-state index in [1.54, 1.807) is 6.92 Å². The van der Waals surface area contributed by atoms with Crippen LogP contribution >= 0.6 is 0 Å². The van der Waals surface area contributed by atoms with Crippen molar-refractivity contribution >= 4 is 17.9 Å². The molecular weight excluding hydrogens is 276 g/mol. The van der Waals surface area contributed by atoms with Crippen LogP contribution in [-0.2, 0) is 14.3 Å². The number of ether oxygens (including phenoxy) is 1. The molecule has 0 aromatic rings. The molecule has 0 saturated carbocycles. The highest BCUT2D eigenvalue weighted by Gasteiger charge is 2.29. The molecule has 1 aliphatic heterocycles. The number of imide groups is 1. The molecular formula is C14H24N2O5. The summed E-state index contributed by atoms with van der Waals surface area (Å²) in [6.07, 6.45) is 1.31. The van der Waals surface area contributed by atoms with E-state index in [2.05, 4.69) is 10.6 Å². The van der Waals surface area contributed by atoms with Gasteiger partial charge in [-0.2, -0.15) is 0 Å². The molecule has 21 heavy (non-hydrogen) atoms. The van der Waals surface area contributed by atoms with Gasteiger partial charge in [0.05, 0.1) is 5.60 Å². The number of carbonyl (C=O) groups excluding carboxylic acids is 2. The maximum Gasteiger partial charge on any atom is 0.321 e. The lowest BCUT2D eigenvalue weighted by Gasteiger charge is -2.35. The van der Waals surface area contributed by atoms with Gasteiger partial charge in [0.15, 0.2) is 0 Å². The quantitative estimate of drug-likeness (QED) is 0.709. The minimum Gasteiger partial charge on any atom is -0.481 e. The zero-order chi connectivity index (χ0) is 16.0. The average molecular weight is 300 g/mol. The summed E-state index contributed by atoms with van der Waals surface area (Å²) in [6, 6.07) is -0.566. The highest BCUT2D eigenvalue weighted by atomic mass is 16.5. The standard InChI is InChI=1S/C14H24N2O5/c1-9(7-12(18)19)6-11(17)16-13(20)15-10-4-5-21-14(2,3)8-10/h9-10H,4-8H2,1-3H3,(H,18,19)(H2,15,16,17,20). The highest BCUT2D eigenvalue weighted by molar-refractivity contribution is 5.94. The summed E-state index contributed by atoms with van der Waals surface area (Å²) < 4.78 is 5.55. The van der Waals surface area contributed by atoms with Crippen LogP contribution in [0, 0.1) is 5.92 Å². The Kier molecular flexibility index (Phi) is 6.14. The molecule has 1 rings (SSSR count). The lowest BCUT2D eigenvalue weighted by molar-refractivity contribution is -0.138. The van der Waals surface area contributed by atoms with Crippen molar-refractivity contribution in [3.8, 4) is 0 Å². The highest BCUT2D eigenvalue weighted by Crippen LogP contribution is 2.23. The molecule has 0 aliphatic carbocycles. The van der Waals surface area contributed by atoms with Gasteiger partial charge in [-0.3, -0.25) is 14.9 Å². The number of amides is 3. The van der Waals surface area contributed by atoms with Gasteiger partial charge in [0.2, 0.25) is 5.91 Å². The van der Waals surface area contributed by atoms with Crippen molar-refractivity contribution in [2.24, 2.45) is 5.92 Å². The summed E-state index contributed by atoms with van der Waals surface area (Å²) in [5.74, 6) is -1.73. The van der Waals surface area contributed by atoms with Gasteiger partial charge in [-0.25, -0.2) is 4.79 Å². The van der Waals surface area contributed by atoms with Crippen LogP contribution in [0.4, 0.5) is 4.79 Å². The molecule has 0 radical (unpaired) electrons. The molecule has 3 N–H and O–H groups in total. The summed E-state index contributed by atoms with van der Waals surface area (Å²) in [5.41, 5.74) is -0.282. The van der Waals surface area contributed by atoms with Gasteiger partial charge in [-0.15, -0.1) is 0 Å². The molecule has 1 fully saturated rings. The Bertz CT molecular complexity index is 408. The minimum atomic E-state index is -0.954. The van der Waals surface area contributed by atoms with Gasteiger partial charge in [-0.1, -0.05) is 6.92 Å². The number of aliphatic carboxylic acids is 1. The minimum absolute atomic E-state index is 0.0129. The van der Waals surface area contributed by atoms with Crippen LogP contribution in [0.3, 0.4) is 0 Å². The predicted molar refractivity (Wildman–Crippen MR) is 75.8 cm³/mol. The van der Waals surface area contributed by atoms with E-state index in [4.69, 9.17) is 9.84 Å². The molecule has 0 bridgehead atoms. The topological polar surface area (TPSA) is 105 Å². The summed E-state index contributed by atoms with van der Waals surface area (Å²) in [7, 11) is 0. The molecule has 0 aromatic carbocycles. The van der Waals surface area contributed by atoms with Gasteiger partial charge >= 0.3 is 12.0 Å². The number of hydrogen-bond acceptors (Lipinski definition) is 4. The first-order valence-electron chi connectivity index (χ1n) is 7.14. The van der Waals surface area contributed by atoms with Crippen LogP contribution in [0.2, 0.25) is 0 Å². The number of hydrogen-bond donors (Lipinski definition) is 3. The second-order valence-electron chi connectivity index (χ2n) is 6.23. The predicted octanol–water partition coefficient (Wildman–Crippen LogP) is 1.27. The van der Waals surface area contributed by atoms with E-state index >= 15 is 0 Å². The number of carboxylic acids is 1. The fraction of sp³-hybridized carbons (Fsp3) is 0.786. The van der Waals surface area contributed by atoms with Crippen molar-refractivity contribution in [2.45, 2.75) is 58.1 Å². The summed E-state index contributed by atoms with van der Waals surface area (Å²) in [4.78, 5) is 33.9. The summed E-state index contributed by atoms with van der Waals surface area (Å²) in [5, 5.41) is 13.6. The van der Waals surface area contributed by atoms with Crippen LogP contribution in [0.1, 0.15) is 46.5 Å². The van der Waals surface area contributed by atoms with Crippen LogP contribution in [0.15, 0.2) is 0 Å². The zero-order valence-electron chi connectivity index (χ0n) is 12.8. The maximum atomic E-state index is 11.7. The van der Waals surface area contributed by atoms with E-state index in [-0.39, 0.29) is 30.4 Å². The van der Waals surface area contributed by atoms with Gasteiger partial charge < -0.3 is 15.2 Å². The molecule has 7 nitrogen and oxygen atoms in total. The van der Waals surface area contributed by atoms with Crippen molar-refractivity contribution < 1.29 is 24.2 Å². The molecule has 3 amide bonds. The third-order valence-corrected chi connectivity index (χ3v) is 3.34. The Morgan fingerprint density at radius 3 is 2.57 bits per heavy atom. The lowest BCUT2D eigenvalue weighted by atomic mass is 9.94. The van der Waals surface area contributed by atoms with Crippen LogP contribution < -0.4 is 10.6 Å². The molecule has 2 atom stereocenters. The van der Waals surface area contributed by atoms with Gasteiger partial charge in [0.1, 0.15) is 0 Å². The third kappa shape index (κ3) is 7.08. The van der Waals surface area contributed by atoms with E-state index < -0.39 is 17.9 Å². The van der Waals surface area contributed by atoms with Crippen LogP contribution in [0.25, 0.3) is 0 Å². The smallest absolute Gasteiger partial charge is 0.321 e. The van der Waals surface area contributed by atoms with E-state index in [0.717, 1.165) is 0 Å². The van der Waals surface area contributed by atoms with E-state index in [1.807, 2.05) is 13.8 Å². The number of rotatable bonds is 5. The largest absolute Gasteiger partial charge is 0.481 e. The maximum absolute atomic E-state index is 11.7. The molecule has 1 saturated heterocycles. The van der Waals surface area contributed by atoms with E-state index in [1.165, 1.54) is 0 Å². The number of urea groups is 1. The van der Waals surface area contributed by atoms with Gasteiger partial charge in [0.25, 0.3) is 0 Å². The van der Waals surface area contributed by atoms with Crippen molar-refractivity contribution in [2.75, 3.05) is 6.61 Å². The van der Waals surface area contributed by atoms with Gasteiger partial charge in [-0.05, 0) is 32.6 Å². The molecule has 2 unspecified atom stereocenters. The normalized spacial score (nSPS) is 22.1. The molecule has 120 valence electrons. The first kappa shape index (κ1) is 17.4. The number of carboxylic acid groups (broad SMARTS) is 1. The Hall–Kier alpha value is -1.63. The molecule has 0 aromatic heterocycles. The first-order valence-corrected chi connectivity index (χ1v) is 7.14. The van der Waals surface area contributed by atoms with Gasteiger partial charge in [0, 0.05) is 25.5 Å². The molecule has 0 spiro atoms. The summed E-state index contributed by atoms with van der Waals surface area (Å²) in [6.45, 7) is 6.14. The summed E-state index contributed by atoms with van der Waals surface area (Å²) >= 11 is 0. The van der Waals surface area contributed by atoms with E-state index in [9.17, 15) is 14.4 Å². The van der Waals surface area contributed by atoms with Crippen LogP contribution in [0.5, 0.6) is 0 Å². The lowest BCUT2D eigenvalue weighted by Crippen LogP contribution is -2.50. The SMILES string of the molecule is CC(CC(=O)O)CC(=O)NC(=O)NC1CCOC(C)(C)C1.